The van der Waals surface area contributed by atoms with Crippen molar-refractivity contribution in [3.63, 3.8) is 0 Å². The van der Waals surface area contributed by atoms with Gasteiger partial charge >= 0.3 is 5.69 Å². The smallest absolute Gasteiger partial charge is 0.329 e. The van der Waals surface area contributed by atoms with Gasteiger partial charge in [0.1, 0.15) is 6.04 Å². The van der Waals surface area contributed by atoms with Crippen LogP contribution in [-0.2, 0) is 27.8 Å². The van der Waals surface area contributed by atoms with Crippen LogP contribution in [0.15, 0.2) is 23.0 Å². The number of benzene rings is 1. The molecule has 0 saturated carbocycles. The average Bonchev–Trinajstić information content (AvgIpc) is 2.99. The number of nitrogens with two attached hydrogens (primary N) is 1. The summed E-state index contributed by atoms with van der Waals surface area (Å²) in [6.07, 6.45) is 2.61. The van der Waals surface area contributed by atoms with Gasteiger partial charge in [0, 0.05) is 33.1 Å². The van der Waals surface area contributed by atoms with Crippen LogP contribution in [0, 0.1) is 0 Å². The van der Waals surface area contributed by atoms with Crippen LogP contribution in [0.25, 0.3) is 11.0 Å². The van der Waals surface area contributed by atoms with Crippen molar-refractivity contribution in [2.75, 3.05) is 32.8 Å². The van der Waals surface area contributed by atoms with Crippen LogP contribution in [0.2, 0.25) is 0 Å². The molecule has 2 aliphatic rings. The van der Waals surface area contributed by atoms with E-state index in [-0.39, 0.29) is 24.1 Å². The molecule has 2 atom stereocenters. The van der Waals surface area contributed by atoms with Crippen LogP contribution in [-0.4, -0.2) is 64.7 Å². The van der Waals surface area contributed by atoms with E-state index in [0.29, 0.717) is 13.0 Å². The third-order valence-electron chi connectivity index (χ3n) is 6.10. The number of piperidine rings is 1. The molecule has 2 aromatic rings. The Kier molecular flexibility index (Phi) is 6.03. The van der Waals surface area contributed by atoms with E-state index in [4.69, 9.17) is 10.5 Å². The van der Waals surface area contributed by atoms with Crippen molar-refractivity contribution in [3.05, 3.63) is 34.2 Å². The molecule has 3 N–H and O–H groups in total. The molecule has 9 heteroatoms. The van der Waals surface area contributed by atoms with Crippen molar-refractivity contribution in [1.29, 1.82) is 0 Å². The Morgan fingerprint density at radius 2 is 2.07 bits per heavy atom. The molecule has 0 bridgehead atoms. The fraction of sp³-hybridized carbons (Fsp3) is 0.571. The minimum atomic E-state index is -0.651. The van der Waals surface area contributed by atoms with E-state index < -0.39 is 11.9 Å². The number of ether oxygens (including phenoxy) is 1. The highest BCUT2D eigenvalue weighted by Crippen LogP contribution is 2.24. The first-order valence-electron chi connectivity index (χ1n) is 10.6. The second kappa shape index (κ2) is 8.71. The molecule has 9 nitrogen and oxygen atoms in total. The quantitative estimate of drug-likeness (QED) is 0.638. The average molecular weight is 415 g/mol. The van der Waals surface area contributed by atoms with Crippen LogP contribution in [0.4, 0.5) is 0 Å². The lowest BCUT2D eigenvalue weighted by Gasteiger charge is -2.32. The highest BCUT2D eigenvalue weighted by atomic mass is 16.5. The van der Waals surface area contributed by atoms with Crippen molar-refractivity contribution >= 4 is 22.8 Å². The zero-order valence-electron chi connectivity index (χ0n) is 17.3. The summed E-state index contributed by atoms with van der Waals surface area (Å²) < 4.78 is 8.71. The summed E-state index contributed by atoms with van der Waals surface area (Å²) in [5, 5.41) is 2.34. The maximum absolute atomic E-state index is 12.8. The number of nitrogens with zero attached hydrogens (tertiary/aromatic N) is 3. The molecule has 0 spiro atoms. The van der Waals surface area contributed by atoms with E-state index in [1.165, 1.54) is 4.57 Å². The van der Waals surface area contributed by atoms with Crippen molar-refractivity contribution in [2.45, 2.75) is 37.8 Å². The molecule has 30 heavy (non-hydrogen) atoms. The molecule has 4 rings (SSSR count). The monoisotopic (exact) mass is 415 g/mol. The number of amides is 2. The van der Waals surface area contributed by atoms with E-state index in [9.17, 15) is 14.4 Å². The molecule has 1 aromatic carbocycles. The van der Waals surface area contributed by atoms with Gasteiger partial charge in [0.2, 0.25) is 11.8 Å². The maximum atomic E-state index is 12.8. The number of aromatic nitrogens is 2. The van der Waals surface area contributed by atoms with Gasteiger partial charge in [-0.25, -0.2) is 4.79 Å². The first kappa shape index (κ1) is 20.8. The normalized spacial score (nSPS) is 23.1. The van der Waals surface area contributed by atoms with Crippen molar-refractivity contribution < 1.29 is 14.3 Å². The molecule has 2 amide bonds. The Bertz CT molecular complexity index is 1010. The lowest BCUT2D eigenvalue weighted by Crippen LogP contribution is -2.45. The Labute approximate surface area is 174 Å². The Balaban J connectivity index is 1.48. The van der Waals surface area contributed by atoms with Gasteiger partial charge in [-0.3, -0.25) is 28.9 Å². The number of nitrogens with one attached hydrogen (secondary N) is 1. The highest BCUT2D eigenvalue weighted by Gasteiger charge is 2.31. The summed E-state index contributed by atoms with van der Waals surface area (Å²) in [6.45, 7) is 4.06. The Morgan fingerprint density at radius 3 is 2.83 bits per heavy atom. The van der Waals surface area contributed by atoms with E-state index >= 15 is 0 Å². The number of rotatable bonds is 6. The largest absolute Gasteiger partial charge is 0.374 e. The van der Waals surface area contributed by atoms with Gasteiger partial charge in [-0.1, -0.05) is 6.07 Å². The highest BCUT2D eigenvalue weighted by molar-refractivity contribution is 6.00. The zero-order valence-corrected chi connectivity index (χ0v) is 17.3. The van der Waals surface area contributed by atoms with Crippen LogP contribution in [0.5, 0.6) is 0 Å². The third kappa shape index (κ3) is 4.05. The molecule has 0 radical (unpaired) electrons. The second-order valence-corrected chi connectivity index (χ2v) is 8.13. The molecular formula is C21H29N5O4. The van der Waals surface area contributed by atoms with Crippen molar-refractivity contribution in [1.82, 2.24) is 19.4 Å². The number of hydrogen-bond donors (Lipinski definition) is 2. The van der Waals surface area contributed by atoms with E-state index in [2.05, 4.69) is 10.2 Å². The predicted molar refractivity (Wildman–Crippen MR) is 112 cm³/mol. The minimum Gasteiger partial charge on any atom is -0.374 e. The van der Waals surface area contributed by atoms with Gasteiger partial charge in [0.25, 0.3) is 0 Å². The van der Waals surface area contributed by atoms with Gasteiger partial charge < -0.3 is 10.5 Å². The number of fused-ring (bicyclic) bond motifs is 1. The molecular weight excluding hydrogens is 386 g/mol. The van der Waals surface area contributed by atoms with Crippen LogP contribution in [0.3, 0.4) is 0 Å². The van der Waals surface area contributed by atoms with Crippen LogP contribution < -0.4 is 16.7 Å². The van der Waals surface area contributed by atoms with Gasteiger partial charge in [-0.15, -0.1) is 0 Å². The summed E-state index contributed by atoms with van der Waals surface area (Å²) in [7, 11) is 1.72. The first-order chi connectivity index (χ1) is 14.5. The molecule has 1 aromatic heterocycles. The van der Waals surface area contributed by atoms with E-state index in [1.807, 2.05) is 18.2 Å². The number of imide groups is 1. The molecule has 3 heterocycles. The molecule has 2 aliphatic heterocycles. The Morgan fingerprint density at radius 1 is 1.23 bits per heavy atom. The Hall–Kier alpha value is -2.49. The first-order valence-corrected chi connectivity index (χ1v) is 10.6. The van der Waals surface area contributed by atoms with E-state index in [1.54, 1.807) is 11.6 Å². The molecule has 0 aliphatic carbocycles. The maximum Gasteiger partial charge on any atom is 0.329 e. The second-order valence-electron chi connectivity index (χ2n) is 8.13. The fourth-order valence-electron chi connectivity index (χ4n) is 4.43. The predicted octanol–water partition coefficient (Wildman–Crippen LogP) is -0.0902. The lowest BCUT2D eigenvalue weighted by molar-refractivity contribution is -0.135. The number of morpholine rings is 1. The summed E-state index contributed by atoms with van der Waals surface area (Å²) >= 11 is 0. The zero-order chi connectivity index (χ0) is 21.3. The number of carbonyl (C=O) groups excluding carboxylic acids is 2. The SMILES string of the molecule is Cn1c(=O)n(C2CCC(=O)NC2=O)c2ccc(CCCN3CCO[C@@H](CN)C3)cc21. The summed E-state index contributed by atoms with van der Waals surface area (Å²) in [5.74, 6) is -0.698. The van der Waals surface area contributed by atoms with E-state index in [0.717, 1.165) is 55.7 Å². The van der Waals surface area contributed by atoms with Crippen LogP contribution in [0.1, 0.15) is 30.9 Å². The topological polar surface area (TPSA) is 112 Å². The fourth-order valence-corrected chi connectivity index (χ4v) is 4.43. The lowest BCUT2D eigenvalue weighted by atomic mass is 10.0. The standard InChI is InChI=1S/C21H29N5O4/c1-24-18-11-14(3-2-8-25-9-10-30-15(12-22)13-25)4-5-16(18)26(21(24)29)17-6-7-19(27)23-20(17)28/h4-5,11,15,17H,2-3,6-10,12-13,22H2,1H3,(H,23,27,28)/t15-,17?/m0/s1. The number of hydrogen-bond acceptors (Lipinski definition) is 6. The third-order valence-corrected chi connectivity index (χ3v) is 6.10. The van der Waals surface area contributed by atoms with Crippen molar-refractivity contribution in [3.8, 4) is 0 Å². The number of carbonyl (C=O) groups is 2. The molecule has 162 valence electrons. The summed E-state index contributed by atoms with van der Waals surface area (Å²) in [4.78, 5) is 39.0. The van der Waals surface area contributed by atoms with Gasteiger partial charge in [0.15, 0.2) is 0 Å². The number of aryl methyl sites for hydroxylation is 2. The van der Waals surface area contributed by atoms with Crippen molar-refractivity contribution in [2.24, 2.45) is 12.8 Å². The van der Waals surface area contributed by atoms with Crippen LogP contribution >= 0.6 is 0 Å². The molecule has 2 saturated heterocycles. The summed E-state index contributed by atoms with van der Waals surface area (Å²) in [5.41, 5.74) is 8.15. The van der Waals surface area contributed by atoms with Gasteiger partial charge in [0.05, 0.1) is 23.7 Å². The minimum absolute atomic E-state index is 0.122. The van der Waals surface area contributed by atoms with Gasteiger partial charge in [-0.2, -0.15) is 0 Å². The summed E-state index contributed by atoms with van der Waals surface area (Å²) in [6, 6.07) is 5.31. The molecule has 2 fully saturated rings. The number of imidazole rings is 1. The molecule has 1 unspecified atom stereocenters. The van der Waals surface area contributed by atoms with Gasteiger partial charge in [-0.05, 0) is 43.5 Å².